The summed E-state index contributed by atoms with van der Waals surface area (Å²) < 4.78 is 1.30. The highest BCUT2D eigenvalue weighted by Crippen LogP contribution is 2.44. The Morgan fingerprint density at radius 1 is 1.33 bits per heavy atom. The molecule has 1 aliphatic carbocycles. The van der Waals surface area contributed by atoms with E-state index in [2.05, 4.69) is 22.4 Å². The Labute approximate surface area is 107 Å². The molecule has 2 heterocycles. The van der Waals surface area contributed by atoms with Crippen molar-refractivity contribution in [1.29, 1.82) is 0 Å². The molecule has 0 radical (unpaired) electrons. The molecule has 4 rings (SSSR count). The Bertz CT molecular complexity index is 847. The standard InChI is InChI=1S/C13H9N3OS/c1-16-13(17)11-10-8-5-3-2-4-7(8)6-9(10)18-12(11)14-15-16/h2-5H,6H2,1H3. The highest BCUT2D eigenvalue weighted by Gasteiger charge is 2.25. The lowest BCUT2D eigenvalue weighted by Crippen LogP contribution is -2.20. The first-order chi connectivity index (χ1) is 8.75. The summed E-state index contributed by atoms with van der Waals surface area (Å²) in [7, 11) is 1.64. The van der Waals surface area contributed by atoms with E-state index in [0.717, 1.165) is 22.2 Å². The maximum atomic E-state index is 12.2. The van der Waals surface area contributed by atoms with Gasteiger partial charge in [0.1, 0.15) is 0 Å². The van der Waals surface area contributed by atoms with E-state index in [4.69, 9.17) is 0 Å². The summed E-state index contributed by atoms with van der Waals surface area (Å²) in [5, 5.41) is 8.67. The highest BCUT2D eigenvalue weighted by molar-refractivity contribution is 7.19. The van der Waals surface area contributed by atoms with E-state index in [1.54, 1.807) is 18.4 Å². The Balaban J connectivity index is 2.21. The zero-order valence-corrected chi connectivity index (χ0v) is 10.5. The predicted molar refractivity (Wildman–Crippen MR) is 70.9 cm³/mol. The smallest absolute Gasteiger partial charge is 0.267 e. The first-order valence-electron chi connectivity index (χ1n) is 5.69. The fourth-order valence-corrected chi connectivity index (χ4v) is 3.69. The van der Waals surface area contributed by atoms with Crippen molar-refractivity contribution in [3.63, 3.8) is 0 Å². The average molecular weight is 255 g/mol. The van der Waals surface area contributed by atoms with Gasteiger partial charge >= 0.3 is 0 Å². The molecule has 2 aromatic heterocycles. The van der Waals surface area contributed by atoms with Gasteiger partial charge in [-0.05, 0) is 11.1 Å². The number of fused-ring (bicyclic) bond motifs is 5. The van der Waals surface area contributed by atoms with Crippen molar-refractivity contribution in [3.8, 4) is 11.1 Å². The third-order valence-corrected chi connectivity index (χ3v) is 4.45. The molecular weight excluding hydrogens is 246 g/mol. The summed E-state index contributed by atoms with van der Waals surface area (Å²) in [4.78, 5) is 14.2. The minimum atomic E-state index is -0.0609. The van der Waals surface area contributed by atoms with Crippen LogP contribution in [0.15, 0.2) is 29.1 Å². The van der Waals surface area contributed by atoms with Crippen molar-refractivity contribution in [1.82, 2.24) is 15.0 Å². The van der Waals surface area contributed by atoms with Crippen LogP contribution in [0, 0.1) is 0 Å². The lowest BCUT2D eigenvalue weighted by atomic mass is 10.1. The SMILES string of the molecule is Cn1nnc2sc3c(c2c1=O)-c1ccccc1C3. The van der Waals surface area contributed by atoms with Gasteiger partial charge in [-0.3, -0.25) is 4.79 Å². The number of thiophene rings is 1. The van der Waals surface area contributed by atoms with Gasteiger partial charge < -0.3 is 0 Å². The topological polar surface area (TPSA) is 47.8 Å². The molecule has 3 aromatic rings. The van der Waals surface area contributed by atoms with E-state index in [1.807, 2.05) is 12.1 Å². The van der Waals surface area contributed by atoms with Gasteiger partial charge in [-0.1, -0.05) is 29.5 Å². The Morgan fingerprint density at radius 2 is 2.17 bits per heavy atom. The normalized spacial score (nSPS) is 12.7. The van der Waals surface area contributed by atoms with E-state index in [1.165, 1.54) is 20.7 Å². The molecule has 4 nitrogen and oxygen atoms in total. The molecular formula is C13H9N3OS. The quantitative estimate of drug-likeness (QED) is 0.482. The number of hydrogen-bond acceptors (Lipinski definition) is 4. The lowest BCUT2D eigenvalue weighted by Gasteiger charge is -2.00. The van der Waals surface area contributed by atoms with Gasteiger partial charge in [0.05, 0.1) is 5.39 Å². The van der Waals surface area contributed by atoms with Gasteiger partial charge in [0, 0.05) is 23.9 Å². The summed E-state index contributed by atoms with van der Waals surface area (Å²) >= 11 is 1.58. The van der Waals surface area contributed by atoms with Crippen LogP contribution in [0.1, 0.15) is 10.4 Å². The molecule has 0 spiro atoms. The van der Waals surface area contributed by atoms with E-state index < -0.39 is 0 Å². The summed E-state index contributed by atoms with van der Waals surface area (Å²) in [5.74, 6) is 0. The van der Waals surface area contributed by atoms with Crippen LogP contribution in [0.3, 0.4) is 0 Å². The molecule has 5 heteroatoms. The molecule has 0 unspecified atom stereocenters. The maximum absolute atomic E-state index is 12.2. The molecule has 0 atom stereocenters. The lowest BCUT2D eigenvalue weighted by molar-refractivity contribution is 0.658. The fraction of sp³-hybridized carbons (Fsp3) is 0.154. The molecule has 0 bridgehead atoms. The predicted octanol–water partition coefficient (Wildman–Crippen LogP) is 1.96. The van der Waals surface area contributed by atoms with E-state index in [0.29, 0.717) is 0 Å². The Morgan fingerprint density at radius 3 is 3.06 bits per heavy atom. The molecule has 0 fully saturated rings. The average Bonchev–Trinajstić information content (AvgIpc) is 2.89. The molecule has 1 aliphatic rings. The Kier molecular flexibility index (Phi) is 1.81. The zero-order chi connectivity index (χ0) is 12.3. The molecule has 88 valence electrons. The summed E-state index contributed by atoms with van der Waals surface area (Å²) in [6.45, 7) is 0. The van der Waals surface area contributed by atoms with E-state index >= 15 is 0 Å². The number of aromatic nitrogens is 3. The maximum Gasteiger partial charge on any atom is 0.278 e. The second kappa shape index (κ2) is 3.26. The minimum Gasteiger partial charge on any atom is -0.267 e. The van der Waals surface area contributed by atoms with Crippen molar-refractivity contribution < 1.29 is 0 Å². The molecule has 0 N–H and O–H groups in total. The van der Waals surface area contributed by atoms with Crippen LogP contribution in [0.4, 0.5) is 0 Å². The van der Waals surface area contributed by atoms with Gasteiger partial charge in [-0.15, -0.1) is 16.4 Å². The third kappa shape index (κ3) is 1.12. The Hall–Kier alpha value is -2.01. The molecule has 0 amide bonds. The first kappa shape index (κ1) is 9.96. The number of hydrogen-bond donors (Lipinski definition) is 0. The van der Waals surface area contributed by atoms with Crippen molar-refractivity contribution in [2.75, 3.05) is 0 Å². The summed E-state index contributed by atoms with van der Waals surface area (Å²) in [6.07, 6.45) is 0.898. The van der Waals surface area contributed by atoms with Gasteiger partial charge in [-0.2, -0.15) is 0 Å². The van der Waals surface area contributed by atoms with Gasteiger partial charge in [0.15, 0.2) is 4.83 Å². The van der Waals surface area contributed by atoms with E-state index in [9.17, 15) is 4.79 Å². The van der Waals surface area contributed by atoms with Gasteiger partial charge in [-0.25, -0.2) is 4.68 Å². The van der Waals surface area contributed by atoms with E-state index in [-0.39, 0.29) is 5.56 Å². The first-order valence-corrected chi connectivity index (χ1v) is 6.51. The van der Waals surface area contributed by atoms with Crippen molar-refractivity contribution in [3.05, 3.63) is 45.1 Å². The van der Waals surface area contributed by atoms with Crippen molar-refractivity contribution in [2.24, 2.45) is 7.05 Å². The van der Waals surface area contributed by atoms with Gasteiger partial charge in [0.25, 0.3) is 5.56 Å². The van der Waals surface area contributed by atoms with Crippen LogP contribution in [-0.4, -0.2) is 15.0 Å². The fourth-order valence-electron chi connectivity index (χ4n) is 2.54. The summed E-state index contributed by atoms with van der Waals surface area (Å²) in [5.41, 5.74) is 3.47. The van der Waals surface area contributed by atoms with Crippen LogP contribution in [-0.2, 0) is 13.5 Å². The number of nitrogens with zero attached hydrogens (tertiary/aromatic N) is 3. The van der Waals surface area contributed by atoms with Gasteiger partial charge in [0.2, 0.25) is 0 Å². The molecule has 1 aromatic carbocycles. The monoisotopic (exact) mass is 255 g/mol. The number of aryl methyl sites for hydroxylation is 1. The van der Waals surface area contributed by atoms with Crippen molar-refractivity contribution in [2.45, 2.75) is 6.42 Å². The van der Waals surface area contributed by atoms with Crippen LogP contribution >= 0.6 is 11.3 Å². The number of benzene rings is 1. The molecule has 0 saturated carbocycles. The van der Waals surface area contributed by atoms with Crippen molar-refractivity contribution >= 4 is 21.6 Å². The van der Waals surface area contributed by atoms with Crippen LogP contribution in [0.25, 0.3) is 21.3 Å². The van der Waals surface area contributed by atoms with Crippen LogP contribution in [0.5, 0.6) is 0 Å². The second-order valence-electron chi connectivity index (χ2n) is 4.43. The number of rotatable bonds is 0. The molecule has 0 aliphatic heterocycles. The summed E-state index contributed by atoms with van der Waals surface area (Å²) in [6, 6.07) is 8.24. The second-order valence-corrected chi connectivity index (χ2v) is 5.52. The highest BCUT2D eigenvalue weighted by atomic mass is 32.1. The molecule has 0 saturated heterocycles. The van der Waals surface area contributed by atoms with Crippen LogP contribution in [0.2, 0.25) is 0 Å². The molecule has 18 heavy (non-hydrogen) atoms. The largest absolute Gasteiger partial charge is 0.278 e. The minimum absolute atomic E-state index is 0.0609. The zero-order valence-electron chi connectivity index (χ0n) is 9.67. The van der Waals surface area contributed by atoms with Crippen LogP contribution < -0.4 is 5.56 Å². The third-order valence-electron chi connectivity index (χ3n) is 3.38.